The first-order chi connectivity index (χ1) is 8.61. The van der Waals surface area contributed by atoms with E-state index in [0.717, 1.165) is 32.5 Å². The Morgan fingerprint density at radius 3 is 2.33 bits per heavy atom. The lowest BCUT2D eigenvalue weighted by Gasteiger charge is -2.34. The summed E-state index contributed by atoms with van der Waals surface area (Å²) in [6.45, 7) is 6.18. The summed E-state index contributed by atoms with van der Waals surface area (Å²) in [7, 11) is 0. The lowest BCUT2D eigenvalue weighted by molar-refractivity contribution is -0.139. The van der Waals surface area contributed by atoms with Gasteiger partial charge in [0, 0.05) is 26.2 Å². The van der Waals surface area contributed by atoms with Crippen molar-refractivity contribution < 1.29 is 14.7 Å². The Morgan fingerprint density at radius 1 is 1.28 bits per heavy atom. The molecule has 1 saturated heterocycles. The molecule has 0 aromatic heterocycles. The van der Waals surface area contributed by atoms with Crippen molar-refractivity contribution in [2.75, 3.05) is 32.7 Å². The van der Waals surface area contributed by atoms with Crippen LogP contribution in [-0.4, -0.2) is 65.7 Å². The molecular formula is C12H21N3O3. The van der Waals surface area contributed by atoms with Crippen LogP contribution in [0, 0.1) is 5.92 Å². The molecular weight excluding hydrogens is 234 g/mol. The zero-order valence-corrected chi connectivity index (χ0v) is 10.8. The van der Waals surface area contributed by atoms with Gasteiger partial charge in [-0.1, -0.05) is 6.92 Å². The second kappa shape index (κ2) is 5.56. The summed E-state index contributed by atoms with van der Waals surface area (Å²) in [4.78, 5) is 27.0. The van der Waals surface area contributed by atoms with Crippen LogP contribution in [0.5, 0.6) is 0 Å². The third-order valence-electron chi connectivity index (χ3n) is 3.75. The maximum atomic E-state index is 12.0. The van der Waals surface area contributed by atoms with Gasteiger partial charge in [-0.15, -0.1) is 0 Å². The Hall–Kier alpha value is -1.30. The van der Waals surface area contributed by atoms with Gasteiger partial charge in [0.05, 0.1) is 0 Å². The number of likely N-dealkylation sites (N-methyl/N-ethyl adjacent to an activating group) is 1. The fraction of sp³-hybridized carbons (Fsp3) is 0.833. The van der Waals surface area contributed by atoms with Gasteiger partial charge < -0.3 is 20.2 Å². The first-order valence-electron chi connectivity index (χ1n) is 6.62. The summed E-state index contributed by atoms with van der Waals surface area (Å²) in [6.07, 6.45) is 1.81. The van der Waals surface area contributed by atoms with E-state index < -0.39 is 12.0 Å². The number of carbonyl (C=O) groups excluding carboxylic acids is 1. The van der Waals surface area contributed by atoms with E-state index in [1.807, 2.05) is 0 Å². The Labute approximate surface area is 107 Å². The van der Waals surface area contributed by atoms with Crippen molar-refractivity contribution in [2.45, 2.75) is 25.8 Å². The van der Waals surface area contributed by atoms with Crippen molar-refractivity contribution in [3.8, 4) is 0 Å². The van der Waals surface area contributed by atoms with Crippen LogP contribution in [0.2, 0.25) is 0 Å². The highest BCUT2D eigenvalue weighted by Gasteiger charge is 2.38. The quantitative estimate of drug-likeness (QED) is 0.752. The number of hydrogen-bond donors (Lipinski definition) is 2. The number of urea groups is 1. The van der Waals surface area contributed by atoms with Crippen molar-refractivity contribution in [1.82, 2.24) is 15.1 Å². The fourth-order valence-corrected chi connectivity index (χ4v) is 2.30. The topological polar surface area (TPSA) is 72.9 Å². The van der Waals surface area contributed by atoms with E-state index in [0.29, 0.717) is 13.1 Å². The van der Waals surface area contributed by atoms with Crippen LogP contribution in [-0.2, 0) is 4.79 Å². The number of amides is 2. The largest absolute Gasteiger partial charge is 0.480 e. The van der Waals surface area contributed by atoms with Gasteiger partial charge in [0.25, 0.3) is 0 Å². The molecule has 6 nitrogen and oxygen atoms in total. The number of hydrogen-bond acceptors (Lipinski definition) is 3. The SMILES string of the molecule is CCN1CCN(C(=O)NC(C(=O)O)C2CC2)CC1. The molecule has 0 spiro atoms. The minimum atomic E-state index is -0.918. The van der Waals surface area contributed by atoms with Gasteiger partial charge in [0.1, 0.15) is 6.04 Å². The summed E-state index contributed by atoms with van der Waals surface area (Å²) < 4.78 is 0. The number of rotatable bonds is 4. The van der Waals surface area contributed by atoms with Crippen LogP contribution in [0.25, 0.3) is 0 Å². The highest BCUT2D eigenvalue weighted by molar-refractivity contribution is 5.83. The van der Waals surface area contributed by atoms with Crippen LogP contribution < -0.4 is 5.32 Å². The van der Waals surface area contributed by atoms with Crippen molar-refractivity contribution in [2.24, 2.45) is 5.92 Å². The Bertz CT molecular complexity index is 323. The Morgan fingerprint density at radius 2 is 1.89 bits per heavy atom. The average molecular weight is 255 g/mol. The number of piperazine rings is 1. The van der Waals surface area contributed by atoms with Crippen LogP contribution >= 0.6 is 0 Å². The van der Waals surface area contributed by atoms with Crippen molar-refractivity contribution in [1.29, 1.82) is 0 Å². The van der Waals surface area contributed by atoms with Gasteiger partial charge in [-0.2, -0.15) is 0 Å². The van der Waals surface area contributed by atoms with E-state index >= 15 is 0 Å². The molecule has 102 valence electrons. The van der Waals surface area contributed by atoms with E-state index in [2.05, 4.69) is 17.1 Å². The van der Waals surface area contributed by atoms with E-state index in [1.165, 1.54) is 0 Å². The summed E-state index contributed by atoms with van der Waals surface area (Å²) in [5.74, 6) is -0.790. The average Bonchev–Trinajstić information content (AvgIpc) is 3.19. The number of nitrogens with zero attached hydrogens (tertiary/aromatic N) is 2. The van der Waals surface area contributed by atoms with Crippen LogP contribution in [0.15, 0.2) is 0 Å². The third kappa shape index (κ3) is 3.13. The number of carboxylic acid groups (broad SMARTS) is 1. The molecule has 0 aromatic carbocycles. The molecule has 1 atom stereocenters. The van der Waals surface area contributed by atoms with Gasteiger partial charge in [0.2, 0.25) is 0 Å². The molecule has 6 heteroatoms. The molecule has 0 radical (unpaired) electrons. The lowest BCUT2D eigenvalue weighted by Crippen LogP contribution is -2.55. The molecule has 2 N–H and O–H groups in total. The van der Waals surface area contributed by atoms with E-state index in [1.54, 1.807) is 4.90 Å². The minimum absolute atomic E-state index is 0.128. The molecule has 2 rings (SSSR count). The summed E-state index contributed by atoms with van der Waals surface area (Å²) in [5, 5.41) is 11.7. The molecule has 2 amide bonds. The first-order valence-corrected chi connectivity index (χ1v) is 6.62. The Balaban J connectivity index is 1.82. The number of aliphatic carboxylic acids is 1. The minimum Gasteiger partial charge on any atom is -0.480 e. The van der Waals surface area contributed by atoms with E-state index in [4.69, 9.17) is 5.11 Å². The number of carbonyl (C=O) groups is 2. The second-order valence-electron chi connectivity index (χ2n) is 5.02. The summed E-state index contributed by atoms with van der Waals surface area (Å²) in [6, 6.07) is -0.938. The highest BCUT2D eigenvalue weighted by Crippen LogP contribution is 2.32. The fourth-order valence-electron chi connectivity index (χ4n) is 2.30. The van der Waals surface area contributed by atoms with Gasteiger partial charge in [0.15, 0.2) is 0 Å². The molecule has 0 bridgehead atoms. The van der Waals surface area contributed by atoms with Gasteiger partial charge in [-0.25, -0.2) is 9.59 Å². The van der Waals surface area contributed by atoms with Gasteiger partial charge in [-0.05, 0) is 25.3 Å². The van der Waals surface area contributed by atoms with Crippen molar-refractivity contribution in [3.63, 3.8) is 0 Å². The predicted molar refractivity (Wildman–Crippen MR) is 66.4 cm³/mol. The standard InChI is InChI=1S/C12H21N3O3/c1-2-14-5-7-15(8-6-14)12(18)13-10(11(16)17)9-3-4-9/h9-10H,2-8H2,1H3,(H,13,18)(H,16,17). The van der Waals surface area contributed by atoms with Crippen molar-refractivity contribution in [3.05, 3.63) is 0 Å². The molecule has 1 heterocycles. The number of carboxylic acids is 1. The highest BCUT2D eigenvalue weighted by atomic mass is 16.4. The molecule has 2 aliphatic rings. The molecule has 1 aliphatic heterocycles. The smallest absolute Gasteiger partial charge is 0.326 e. The third-order valence-corrected chi connectivity index (χ3v) is 3.75. The maximum Gasteiger partial charge on any atom is 0.326 e. The van der Waals surface area contributed by atoms with E-state index in [9.17, 15) is 9.59 Å². The molecule has 18 heavy (non-hydrogen) atoms. The summed E-state index contributed by atoms with van der Waals surface area (Å²) in [5.41, 5.74) is 0. The summed E-state index contributed by atoms with van der Waals surface area (Å²) >= 11 is 0. The van der Waals surface area contributed by atoms with Crippen molar-refractivity contribution >= 4 is 12.0 Å². The molecule has 2 fully saturated rings. The number of nitrogens with one attached hydrogen (secondary N) is 1. The van der Waals surface area contributed by atoms with E-state index in [-0.39, 0.29) is 11.9 Å². The van der Waals surface area contributed by atoms with Gasteiger partial charge in [-0.3, -0.25) is 0 Å². The monoisotopic (exact) mass is 255 g/mol. The molecule has 1 aliphatic carbocycles. The maximum absolute atomic E-state index is 12.0. The first kappa shape index (κ1) is 13.1. The molecule has 1 unspecified atom stereocenters. The molecule has 0 aromatic rings. The predicted octanol–water partition coefficient (Wildman–Crippen LogP) is 0.197. The van der Waals surface area contributed by atoms with Crippen LogP contribution in [0.3, 0.4) is 0 Å². The van der Waals surface area contributed by atoms with Crippen LogP contribution in [0.4, 0.5) is 4.79 Å². The second-order valence-corrected chi connectivity index (χ2v) is 5.02. The molecule has 1 saturated carbocycles. The normalized spacial score (nSPS) is 22.6. The zero-order chi connectivity index (χ0) is 13.1. The van der Waals surface area contributed by atoms with Crippen LogP contribution in [0.1, 0.15) is 19.8 Å². The Kier molecular flexibility index (Phi) is 4.06. The lowest BCUT2D eigenvalue weighted by atomic mass is 10.2. The zero-order valence-electron chi connectivity index (χ0n) is 10.8. The van der Waals surface area contributed by atoms with Gasteiger partial charge >= 0.3 is 12.0 Å².